The lowest BCUT2D eigenvalue weighted by atomic mass is 9.72. The highest BCUT2D eigenvalue weighted by Crippen LogP contribution is 2.39. The van der Waals surface area contributed by atoms with Crippen LogP contribution in [-0.4, -0.2) is 65.4 Å². The number of piperidine rings is 1. The summed E-state index contributed by atoms with van der Waals surface area (Å²) in [5.41, 5.74) is -0.294. The number of amides is 2. The van der Waals surface area contributed by atoms with E-state index in [1.54, 1.807) is 0 Å². The Morgan fingerprint density at radius 1 is 0.872 bits per heavy atom. The summed E-state index contributed by atoms with van der Waals surface area (Å²) in [6.45, 7) is 7.82. The molecule has 0 bridgehead atoms. The Labute approximate surface area is 237 Å². The van der Waals surface area contributed by atoms with E-state index in [1.165, 1.54) is 64.2 Å². The summed E-state index contributed by atoms with van der Waals surface area (Å²) in [5.74, 6) is 2.23. The maximum Gasteiger partial charge on any atom is 0.407 e. The number of carbonyl (C=O) groups excluding carboxylic acids is 2. The summed E-state index contributed by atoms with van der Waals surface area (Å²) in [6.07, 6.45) is 17.5. The molecule has 0 aromatic carbocycles. The minimum Gasteiger partial charge on any atom is -0.449 e. The largest absolute Gasteiger partial charge is 0.449 e. The van der Waals surface area contributed by atoms with Crippen LogP contribution in [0.25, 0.3) is 0 Å². The Balaban J connectivity index is 1.42. The van der Waals surface area contributed by atoms with Gasteiger partial charge in [-0.1, -0.05) is 70.6 Å². The van der Waals surface area contributed by atoms with Crippen molar-refractivity contribution in [3.63, 3.8) is 0 Å². The Hall–Kier alpha value is -1.34. The molecule has 1 saturated heterocycles. The lowest BCUT2D eigenvalue weighted by molar-refractivity contribution is -0.132. The van der Waals surface area contributed by atoms with Gasteiger partial charge >= 0.3 is 6.09 Å². The Bertz CT molecular complexity index is 772. The average molecular weight is 548 g/mol. The zero-order valence-corrected chi connectivity index (χ0v) is 25.1. The van der Waals surface area contributed by atoms with E-state index < -0.39 is 12.2 Å². The number of hydrogen-bond donors (Lipinski definition) is 3. The van der Waals surface area contributed by atoms with E-state index in [4.69, 9.17) is 4.74 Å². The number of aliphatic hydroxyl groups excluding tert-OH is 1. The summed E-state index contributed by atoms with van der Waals surface area (Å²) in [5, 5.41) is 17.9. The van der Waals surface area contributed by atoms with Crippen LogP contribution in [0.2, 0.25) is 0 Å². The fourth-order valence-corrected chi connectivity index (χ4v) is 7.83. The molecule has 7 heteroatoms. The SMILES string of the molecule is CC(C)(C)NC(=O)[C@H]1C[C@@H]2CCCC[C@@H]2CN1C[C@@H](O)[C@H](CC1CCCCC1)NC(=O)OCC1CCCCC1. The monoisotopic (exact) mass is 547 g/mol. The standard InChI is InChI=1S/C32H57N3O4/c1-32(2,3)34-30(37)28-19-25-16-10-11-17-26(25)20-35(28)21-29(36)27(18-23-12-6-4-7-13-23)33-31(38)39-22-24-14-8-5-9-15-24/h23-29,36H,4-22H2,1-3H3,(H,33,38)(H,34,37)/t25-,26+,27-,28+,29+/m0/s1. The van der Waals surface area contributed by atoms with E-state index >= 15 is 0 Å². The van der Waals surface area contributed by atoms with Crippen molar-refractivity contribution in [3.05, 3.63) is 0 Å². The first-order valence-electron chi connectivity index (χ1n) is 16.4. The molecule has 0 radical (unpaired) electrons. The molecular formula is C32H57N3O4. The third-order valence-electron chi connectivity index (χ3n) is 9.98. The molecule has 7 nitrogen and oxygen atoms in total. The first-order valence-corrected chi connectivity index (χ1v) is 16.4. The third-order valence-corrected chi connectivity index (χ3v) is 9.98. The number of alkyl carbamates (subject to hydrolysis) is 1. The molecule has 224 valence electrons. The molecule has 39 heavy (non-hydrogen) atoms. The molecule has 2 amide bonds. The quantitative estimate of drug-likeness (QED) is 0.340. The highest BCUT2D eigenvalue weighted by molar-refractivity contribution is 5.82. The smallest absolute Gasteiger partial charge is 0.407 e. The first kappa shape index (κ1) is 30.6. The molecule has 0 unspecified atom stereocenters. The zero-order valence-electron chi connectivity index (χ0n) is 25.1. The van der Waals surface area contributed by atoms with Crippen LogP contribution in [-0.2, 0) is 9.53 Å². The molecule has 0 aromatic heterocycles. The van der Waals surface area contributed by atoms with Crippen molar-refractivity contribution in [2.24, 2.45) is 23.7 Å². The number of nitrogens with zero attached hydrogens (tertiary/aromatic N) is 1. The van der Waals surface area contributed by atoms with Crippen LogP contribution in [0.4, 0.5) is 4.79 Å². The minimum absolute atomic E-state index is 0.0717. The maximum absolute atomic E-state index is 13.5. The summed E-state index contributed by atoms with van der Waals surface area (Å²) < 4.78 is 5.69. The van der Waals surface area contributed by atoms with Crippen molar-refractivity contribution in [2.45, 2.75) is 147 Å². The van der Waals surface area contributed by atoms with E-state index in [2.05, 4.69) is 15.5 Å². The number of hydrogen-bond acceptors (Lipinski definition) is 5. The molecule has 4 fully saturated rings. The van der Waals surface area contributed by atoms with Crippen molar-refractivity contribution in [2.75, 3.05) is 19.7 Å². The third kappa shape index (κ3) is 9.62. The lowest BCUT2D eigenvalue weighted by Crippen LogP contribution is -2.60. The van der Waals surface area contributed by atoms with Crippen LogP contribution in [0.1, 0.15) is 124 Å². The molecule has 3 saturated carbocycles. The van der Waals surface area contributed by atoms with E-state index in [9.17, 15) is 14.7 Å². The molecule has 3 N–H and O–H groups in total. The van der Waals surface area contributed by atoms with Gasteiger partial charge in [0.05, 0.1) is 24.8 Å². The second-order valence-electron chi connectivity index (χ2n) is 14.4. The van der Waals surface area contributed by atoms with Gasteiger partial charge in [-0.2, -0.15) is 0 Å². The molecular weight excluding hydrogens is 490 g/mol. The predicted molar refractivity (Wildman–Crippen MR) is 155 cm³/mol. The highest BCUT2D eigenvalue weighted by atomic mass is 16.5. The predicted octanol–water partition coefficient (Wildman–Crippen LogP) is 5.79. The van der Waals surface area contributed by atoms with Crippen molar-refractivity contribution in [1.29, 1.82) is 0 Å². The fourth-order valence-electron chi connectivity index (χ4n) is 7.83. The number of carbonyl (C=O) groups is 2. The van der Waals surface area contributed by atoms with Crippen molar-refractivity contribution < 1.29 is 19.4 Å². The molecule has 1 heterocycles. The van der Waals surface area contributed by atoms with Gasteiger partial charge in [0.1, 0.15) is 0 Å². The fraction of sp³-hybridized carbons (Fsp3) is 0.938. The zero-order chi connectivity index (χ0) is 27.8. The number of β-amino-alcohol motifs (C(OH)–C–C–N with tert-alkyl or cyclic N) is 1. The van der Waals surface area contributed by atoms with Gasteiger partial charge in [0.25, 0.3) is 0 Å². The van der Waals surface area contributed by atoms with E-state index in [1.807, 2.05) is 20.8 Å². The van der Waals surface area contributed by atoms with Gasteiger partial charge in [-0.25, -0.2) is 4.79 Å². The second-order valence-corrected chi connectivity index (χ2v) is 14.4. The summed E-state index contributed by atoms with van der Waals surface area (Å²) in [7, 11) is 0. The number of nitrogens with one attached hydrogen (secondary N) is 2. The normalized spacial score (nSPS) is 29.2. The number of fused-ring (bicyclic) bond motifs is 1. The summed E-state index contributed by atoms with van der Waals surface area (Å²) in [4.78, 5) is 28.6. The van der Waals surface area contributed by atoms with E-state index in [-0.39, 0.29) is 23.5 Å². The van der Waals surface area contributed by atoms with Gasteiger partial charge in [-0.3, -0.25) is 9.69 Å². The second kappa shape index (κ2) is 14.5. The van der Waals surface area contributed by atoms with Crippen LogP contribution in [0.3, 0.4) is 0 Å². The van der Waals surface area contributed by atoms with Crippen molar-refractivity contribution in [1.82, 2.24) is 15.5 Å². The molecule has 0 spiro atoms. The van der Waals surface area contributed by atoms with E-state index in [0.717, 1.165) is 45.1 Å². The van der Waals surface area contributed by atoms with Crippen LogP contribution in [0, 0.1) is 23.7 Å². The molecule has 1 aliphatic heterocycles. The van der Waals surface area contributed by atoms with Gasteiger partial charge in [-0.15, -0.1) is 0 Å². The minimum atomic E-state index is -0.737. The van der Waals surface area contributed by atoms with Crippen LogP contribution in [0.5, 0.6) is 0 Å². The Morgan fingerprint density at radius 2 is 1.46 bits per heavy atom. The summed E-state index contributed by atoms with van der Waals surface area (Å²) >= 11 is 0. The Morgan fingerprint density at radius 3 is 2.10 bits per heavy atom. The van der Waals surface area contributed by atoms with Gasteiger partial charge < -0.3 is 20.5 Å². The molecule has 5 atom stereocenters. The Kier molecular flexibility index (Phi) is 11.4. The molecule has 3 aliphatic carbocycles. The topological polar surface area (TPSA) is 90.9 Å². The van der Waals surface area contributed by atoms with E-state index in [0.29, 0.717) is 36.8 Å². The first-order chi connectivity index (χ1) is 18.7. The highest BCUT2D eigenvalue weighted by Gasteiger charge is 2.42. The van der Waals surface area contributed by atoms with Crippen LogP contribution in [0.15, 0.2) is 0 Å². The van der Waals surface area contributed by atoms with Gasteiger partial charge in [-0.05, 0) is 76.5 Å². The number of ether oxygens (including phenoxy) is 1. The average Bonchev–Trinajstić information content (AvgIpc) is 2.91. The number of likely N-dealkylation sites (tertiary alicyclic amines) is 1. The van der Waals surface area contributed by atoms with Gasteiger partial charge in [0, 0.05) is 18.6 Å². The van der Waals surface area contributed by atoms with Crippen molar-refractivity contribution in [3.8, 4) is 0 Å². The van der Waals surface area contributed by atoms with Crippen LogP contribution < -0.4 is 10.6 Å². The lowest BCUT2D eigenvalue weighted by Gasteiger charge is -2.47. The van der Waals surface area contributed by atoms with Crippen LogP contribution >= 0.6 is 0 Å². The van der Waals surface area contributed by atoms with Gasteiger partial charge in [0.2, 0.25) is 5.91 Å². The molecule has 0 aromatic rings. The van der Waals surface area contributed by atoms with Gasteiger partial charge in [0.15, 0.2) is 0 Å². The van der Waals surface area contributed by atoms with Crippen molar-refractivity contribution >= 4 is 12.0 Å². The summed E-state index contributed by atoms with van der Waals surface area (Å²) in [6, 6.07) is -0.589. The number of aliphatic hydroxyl groups is 1. The number of rotatable bonds is 9. The maximum atomic E-state index is 13.5. The molecule has 4 aliphatic rings. The molecule has 4 rings (SSSR count).